The Hall–Kier alpha value is -2.16. The maximum atomic E-state index is 9.81. The minimum absolute atomic E-state index is 0.132. The van der Waals surface area contributed by atoms with Gasteiger partial charge in [-0.25, -0.2) is 4.98 Å². The Morgan fingerprint density at radius 1 is 1.20 bits per heavy atom. The van der Waals surface area contributed by atoms with Crippen molar-refractivity contribution in [3.63, 3.8) is 0 Å². The van der Waals surface area contributed by atoms with Crippen LogP contribution in [0.15, 0.2) is 29.6 Å². The first-order chi connectivity index (χ1) is 14.6. The van der Waals surface area contributed by atoms with Gasteiger partial charge in [0.05, 0.1) is 17.9 Å². The van der Waals surface area contributed by atoms with E-state index in [0.717, 1.165) is 34.0 Å². The molecule has 2 aromatic rings. The fraction of sp³-hybridized carbons (Fsp3) is 0.520. The van der Waals surface area contributed by atoms with Crippen molar-refractivity contribution in [3.8, 4) is 6.07 Å². The topological polar surface area (TPSA) is 60.1 Å². The molecule has 30 heavy (non-hydrogen) atoms. The Balaban J connectivity index is 1.38. The van der Waals surface area contributed by atoms with Gasteiger partial charge in [0.2, 0.25) is 0 Å². The molecule has 0 unspecified atom stereocenters. The minimum atomic E-state index is 0.132. The predicted molar refractivity (Wildman–Crippen MR) is 122 cm³/mol. The van der Waals surface area contributed by atoms with Crippen LogP contribution >= 0.6 is 11.3 Å². The van der Waals surface area contributed by atoms with E-state index in [4.69, 9.17) is 10.1 Å². The lowest BCUT2D eigenvalue weighted by Gasteiger charge is -2.56. The van der Waals surface area contributed by atoms with Crippen LogP contribution in [-0.2, 0) is 5.41 Å². The molecule has 4 saturated carbocycles. The summed E-state index contributed by atoms with van der Waals surface area (Å²) in [5.74, 6) is 2.69. The number of hydrogen-bond donors (Lipinski definition) is 1. The Morgan fingerprint density at radius 3 is 2.40 bits per heavy atom. The van der Waals surface area contributed by atoms with Crippen LogP contribution in [-0.4, -0.2) is 30.3 Å². The normalized spacial score (nSPS) is 29.8. The Labute approximate surface area is 182 Å². The third kappa shape index (κ3) is 3.57. The molecule has 1 aromatic heterocycles. The van der Waals surface area contributed by atoms with Crippen LogP contribution in [0.5, 0.6) is 0 Å². The quantitative estimate of drug-likeness (QED) is 0.662. The molecule has 4 aliphatic rings. The summed E-state index contributed by atoms with van der Waals surface area (Å²) >= 11 is 1.63. The SMILES string of the molecule is CN(CCO)c1ccc(/C=C(\C#N)c2nc(C34CC5CC(CC(C5)C3)C4)cs2)cc1. The summed E-state index contributed by atoms with van der Waals surface area (Å²) in [5.41, 5.74) is 4.23. The summed E-state index contributed by atoms with van der Waals surface area (Å²) in [6.07, 6.45) is 10.1. The number of aliphatic hydroxyl groups excluding tert-OH is 1. The third-order valence-corrected chi connectivity index (χ3v) is 8.39. The molecule has 0 amide bonds. The molecule has 4 fully saturated rings. The van der Waals surface area contributed by atoms with E-state index in [1.54, 1.807) is 11.3 Å². The zero-order valence-electron chi connectivity index (χ0n) is 17.6. The number of nitrogens with zero attached hydrogens (tertiary/aromatic N) is 3. The van der Waals surface area contributed by atoms with Gasteiger partial charge in [0.15, 0.2) is 0 Å². The van der Waals surface area contributed by atoms with Crippen molar-refractivity contribution in [1.29, 1.82) is 5.26 Å². The first-order valence-electron chi connectivity index (χ1n) is 11.1. The van der Waals surface area contributed by atoms with Crippen molar-refractivity contribution in [1.82, 2.24) is 4.98 Å². The number of allylic oxidation sites excluding steroid dienone is 1. The minimum Gasteiger partial charge on any atom is -0.395 e. The first kappa shape index (κ1) is 19.8. The summed E-state index contributed by atoms with van der Waals surface area (Å²) in [7, 11) is 1.96. The highest BCUT2D eigenvalue weighted by Crippen LogP contribution is 2.60. The summed E-state index contributed by atoms with van der Waals surface area (Å²) in [4.78, 5) is 7.04. The molecule has 1 heterocycles. The summed E-state index contributed by atoms with van der Waals surface area (Å²) in [5, 5.41) is 22.0. The number of aromatic nitrogens is 1. The zero-order chi connectivity index (χ0) is 20.7. The van der Waals surface area contributed by atoms with Gasteiger partial charge < -0.3 is 10.0 Å². The van der Waals surface area contributed by atoms with E-state index < -0.39 is 0 Å². The molecule has 0 radical (unpaired) electrons. The number of rotatable bonds is 6. The number of benzene rings is 1. The average Bonchev–Trinajstić information content (AvgIpc) is 3.23. The molecule has 0 spiro atoms. The van der Waals surface area contributed by atoms with Crippen LogP contribution < -0.4 is 4.90 Å². The molecule has 1 aromatic carbocycles. The van der Waals surface area contributed by atoms with Gasteiger partial charge in [0.1, 0.15) is 11.1 Å². The van der Waals surface area contributed by atoms with E-state index in [2.05, 4.69) is 11.4 Å². The number of likely N-dealkylation sites (N-methyl/N-ethyl adjacent to an activating group) is 1. The highest BCUT2D eigenvalue weighted by Gasteiger charge is 2.52. The zero-order valence-corrected chi connectivity index (χ0v) is 18.4. The maximum Gasteiger partial charge on any atom is 0.134 e. The van der Waals surface area contributed by atoms with Gasteiger partial charge in [-0.1, -0.05) is 12.1 Å². The van der Waals surface area contributed by atoms with E-state index in [9.17, 15) is 5.26 Å². The lowest BCUT2D eigenvalue weighted by Crippen LogP contribution is -2.48. The lowest BCUT2D eigenvalue weighted by molar-refractivity contribution is -0.00694. The second-order valence-electron chi connectivity index (χ2n) is 9.64. The van der Waals surface area contributed by atoms with E-state index in [-0.39, 0.29) is 12.0 Å². The van der Waals surface area contributed by atoms with Crippen LogP contribution in [0, 0.1) is 29.1 Å². The van der Waals surface area contributed by atoms with Crippen molar-refractivity contribution in [3.05, 3.63) is 45.9 Å². The van der Waals surface area contributed by atoms with Crippen LogP contribution in [0.4, 0.5) is 5.69 Å². The van der Waals surface area contributed by atoms with Gasteiger partial charge in [0.25, 0.3) is 0 Å². The van der Waals surface area contributed by atoms with Gasteiger partial charge in [-0.2, -0.15) is 5.26 Å². The molecule has 4 nitrogen and oxygen atoms in total. The van der Waals surface area contributed by atoms with Gasteiger partial charge >= 0.3 is 0 Å². The van der Waals surface area contributed by atoms with Crippen molar-refractivity contribution >= 4 is 28.7 Å². The van der Waals surface area contributed by atoms with Crippen LogP contribution in [0.2, 0.25) is 0 Å². The molecule has 0 aliphatic heterocycles. The monoisotopic (exact) mass is 419 g/mol. The fourth-order valence-corrected chi connectivity index (χ4v) is 7.39. The molecule has 6 rings (SSSR count). The highest BCUT2D eigenvalue weighted by atomic mass is 32.1. The standard InChI is InChI=1S/C25H29N3OS/c1-28(6-7-29)22-4-2-17(3-5-22)11-21(15-26)24-27-23(16-30-24)25-12-18-8-19(13-25)10-20(9-18)14-25/h2-5,11,16,18-20,29H,6-10,12-14H2,1H3/b21-11+. The molecule has 4 bridgehead atoms. The first-order valence-corrected chi connectivity index (χ1v) is 12.0. The predicted octanol–water partition coefficient (Wildman–Crippen LogP) is 5.10. The molecule has 5 heteroatoms. The largest absolute Gasteiger partial charge is 0.395 e. The van der Waals surface area contributed by atoms with E-state index in [1.807, 2.05) is 42.3 Å². The van der Waals surface area contributed by atoms with Gasteiger partial charge in [-0.15, -0.1) is 11.3 Å². The molecule has 0 atom stereocenters. The second kappa shape index (κ2) is 7.83. The summed E-state index contributed by atoms with van der Waals surface area (Å²) < 4.78 is 0. The van der Waals surface area contributed by atoms with Crippen molar-refractivity contribution in [2.24, 2.45) is 17.8 Å². The van der Waals surface area contributed by atoms with Gasteiger partial charge in [-0.05, 0) is 80.1 Å². The molecular weight excluding hydrogens is 390 g/mol. The third-order valence-electron chi connectivity index (χ3n) is 7.52. The average molecular weight is 420 g/mol. The number of thiazole rings is 1. The van der Waals surface area contributed by atoms with E-state index in [0.29, 0.717) is 12.1 Å². The van der Waals surface area contributed by atoms with Crippen molar-refractivity contribution in [2.45, 2.75) is 43.9 Å². The van der Waals surface area contributed by atoms with Crippen molar-refractivity contribution in [2.75, 3.05) is 25.1 Å². The Bertz CT molecular complexity index is 949. The summed E-state index contributed by atoms with van der Waals surface area (Å²) in [6.45, 7) is 0.734. The molecule has 0 saturated heterocycles. The van der Waals surface area contributed by atoms with Crippen LogP contribution in [0.25, 0.3) is 11.6 Å². The fourth-order valence-electron chi connectivity index (χ4n) is 6.48. The summed E-state index contributed by atoms with van der Waals surface area (Å²) in [6, 6.07) is 10.5. The van der Waals surface area contributed by atoms with Crippen molar-refractivity contribution < 1.29 is 5.11 Å². The smallest absolute Gasteiger partial charge is 0.134 e. The molecular formula is C25H29N3OS. The van der Waals surface area contributed by atoms with Crippen LogP contribution in [0.1, 0.15) is 54.8 Å². The Morgan fingerprint density at radius 2 is 1.83 bits per heavy atom. The number of aliphatic hydroxyl groups is 1. The molecule has 1 N–H and O–H groups in total. The van der Waals surface area contributed by atoms with E-state index in [1.165, 1.54) is 44.2 Å². The van der Waals surface area contributed by atoms with Crippen LogP contribution in [0.3, 0.4) is 0 Å². The molecule has 4 aliphatic carbocycles. The number of anilines is 1. The highest BCUT2D eigenvalue weighted by molar-refractivity contribution is 7.11. The Kier molecular flexibility index (Phi) is 5.16. The van der Waals surface area contributed by atoms with Gasteiger partial charge in [-0.3, -0.25) is 0 Å². The lowest BCUT2D eigenvalue weighted by atomic mass is 9.49. The number of nitriles is 1. The van der Waals surface area contributed by atoms with E-state index >= 15 is 0 Å². The number of hydrogen-bond acceptors (Lipinski definition) is 5. The second-order valence-corrected chi connectivity index (χ2v) is 10.5. The molecule has 156 valence electrons. The maximum absolute atomic E-state index is 9.81. The van der Waals surface area contributed by atoms with Gasteiger partial charge in [0, 0.05) is 30.1 Å².